The van der Waals surface area contributed by atoms with Crippen molar-refractivity contribution in [3.63, 3.8) is 0 Å². The smallest absolute Gasteiger partial charge is 0.310 e. The second kappa shape index (κ2) is 10.3. The first-order valence-corrected chi connectivity index (χ1v) is 11.1. The fourth-order valence-electron chi connectivity index (χ4n) is 3.37. The van der Waals surface area contributed by atoms with Gasteiger partial charge < -0.3 is 18.5 Å². The number of hydrogen-bond donors (Lipinski definition) is 0. The third-order valence-electron chi connectivity index (χ3n) is 5.50. The average molecular weight is 462 g/mol. The Hall–Kier alpha value is -3.94. The van der Waals surface area contributed by atoms with Gasteiger partial charge in [0.25, 0.3) is 5.89 Å². The minimum Gasteiger partial charge on any atom is -0.489 e. The van der Waals surface area contributed by atoms with Crippen LogP contribution in [0.1, 0.15) is 53.8 Å². The van der Waals surface area contributed by atoms with Crippen molar-refractivity contribution in [2.45, 2.75) is 53.2 Å². The molecule has 0 unspecified atom stereocenters. The highest BCUT2D eigenvalue weighted by atomic mass is 16.6. The fraction of sp³-hybridized carbons (Fsp3) is 0.308. The molecule has 0 aliphatic rings. The maximum absolute atomic E-state index is 12.2. The van der Waals surface area contributed by atoms with Crippen molar-refractivity contribution in [3.8, 4) is 17.1 Å². The number of benzene rings is 2. The zero-order chi connectivity index (χ0) is 24.1. The first-order valence-electron chi connectivity index (χ1n) is 11.1. The van der Waals surface area contributed by atoms with Crippen LogP contribution in [0.5, 0.6) is 5.75 Å². The lowest BCUT2D eigenvalue weighted by Gasteiger charge is -2.07. The van der Waals surface area contributed by atoms with Crippen molar-refractivity contribution in [2.75, 3.05) is 0 Å². The lowest BCUT2D eigenvalue weighted by atomic mass is 10.0. The predicted molar refractivity (Wildman–Crippen MR) is 124 cm³/mol. The standard InChI is InChI=1S/C26H27N3O5/c1-16(2)20-7-9-21(10-8-20)26-27-24(34-29-26)15-32-25(30)13-19-5-11-22(12-6-19)31-14-23-17(3)28-33-18(23)4/h5-12,16H,13-15H2,1-4H3. The molecule has 8 heteroatoms. The Morgan fingerprint density at radius 3 is 2.32 bits per heavy atom. The van der Waals surface area contributed by atoms with Gasteiger partial charge in [-0.2, -0.15) is 4.98 Å². The third kappa shape index (κ3) is 5.70. The van der Waals surface area contributed by atoms with Crippen molar-refractivity contribution in [1.29, 1.82) is 0 Å². The Kier molecular flexibility index (Phi) is 7.06. The van der Waals surface area contributed by atoms with Crippen LogP contribution in [-0.4, -0.2) is 21.3 Å². The molecule has 0 aliphatic heterocycles. The van der Waals surface area contributed by atoms with E-state index in [9.17, 15) is 4.79 Å². The minimum absolute atomic E-state index is 0.0749. The highest BCUT2D eigenvalue weighted by Crippen LogP contribution is 2.21. The van der Waals surface area contributed by atoms with E-state index >= 15 is 0 Å². The van der Waals surface area contributed by atoms with Gasteiger partial charge in [0, 0.05) is 5.56 Å². The highest BCUT2D eigenvalue weighted by Gasteiger charge is 2.13. The first-order chi connectivity index (χ1) is 16.4. The summed E-state index contributed by atoms with van der Waals surface area (Å²) >= 11 is 0. The van der Waals surface area contributed by atoms with Crippen LogP contribution in [0.2, 0.25) is 0 Å². The molecule has 0 bridgehead atoms. The summed E-state index contributed by atoms with van der Waals surface area (Å²) in [4.78, 5) is 16.6. The zero-order valence-electron chi connectivity index (χ0n) is 19.7. The molecule has 176 valence electrons. The number of ether oxygens (including phenoxy) is 2. The summed E-state index contributed by atoms with van der Waals surface area (Å²) in [7, 11) is 0. The van der Waals surface area contributed by atoms with Gasteiger partial charge >= 0.3 is 5.97 Å². The molecule has 34 heavy (non-hydrogen) atoms. The number of rotatable bonds is 9. The average Bonchev–Trinajstić information content (AvgIpc) is 3.44. The summed E-state index contributed by atoms with van der Waals surface area (Å²) in [5.74, 6) is 2.22. The Bertz CT molecular complexity index is 1220. The second-order valence-electron chi connectivity index (χ2n) is 8.36. The Labute approximate surface area is 197 Å². The monoisotopic (exact) mass is 461 g/mol. The maximum Gasteiger partial charge on any atom is 0.310 e. The van der Waals surface area contributed by atoms with Gasteiger partial charge in [0.05, 0.1) is 17.7 Å². The number of esters is 1. The molecule has 0 saturated heterocycles. The molecule has 4 rings (SSSR count). The normalized spacial score (nSPS) is 11.1. The van der Waals surface area contributed by atoms with E-state index in [1.165, 1.54) is 5.56 Å². The summed E-state index contributed by atoms with van der Waals surface area (Å²) in [6.45, 7) is 8.31. The molecule has 0 amide bonds. The van der Waals surface area contributed by atoms with Gasteiger partial charge in [-0.05, 0) is 43.0 Å². The van der Waals surface area contributed by atoms with Gasteiger partial charge in [-0.25, -0.2) is 0 Å². The molecule has 2 heterocycles. The quantitative estimate of drug-likeness (QED) is 0.308. The molecule has 0 saturated carbocycles. The highest BCUT2D eigenvalue weighted by molar-refractivity contribution is 5.72. The predicted octanol–water partition coefficient (Wildman–Crippen LogP) is 5.33. The van der Waals surface area contributed by atoms with E-state index in [0.29, 0.717) is 24.1 Å². The topological polar surface area (TPSA) is 100 Å². The van der Waals surface area contributed by atoms with E-state index in [1.54, 1.807) is 0 Å². The molecule has 0 fully saturated rings. The molecule has 4 aromatic rings. The number of hydrogen-bond acceptors (Lipinski definition) is 8. The summed E-state index contributed by atoms with van der Waals surface area (Å²) in [6, 6.07) is 15.3. The summed E-state index contributed by atoms with van der Waals surface area (Å²) in [5.41, 5.74) is 4.65. The Morgan fingerprint density at radius 2 is 1.68 bits per heavy atom. The van der Waals surface area contributed by atoms with Crippen molar-refractivity contribution in [2.24, 2.45) is 0 Å². The number of aryl methyl sites for hydroxylation is 2. The van der Waals surface area contributed by atoms with E-state index in [2.05, 4.69) is 29.1 Å². The molecular weight excluding hydrogens is 434 g/mol. The molecule has 0 radical (unpaired) electrons. The Morgan fingerprint density at radius 1 is 0.941 bits per heavy atom. The SMILES string of the molecule is Cc1noc(C)c1COc1ccc(CC(=O)OCc2nc(-c3ccc(C(C)C)cc3)no2)cc1. The van der Waals surface area contributed by atoms with Gasteiger partial charge in [-0.1, -0.05) is 60.6 Å². The summed E-state index contributed by atoms with van der Waals surface area (Å²) in [5, 5.41) is 7.90. The molecule has 8 nitrogen and oxygen atoms in total. The first kappa shape index (κ1) is 23.2. The van der Waals surface area contributed by atoms with E-state index < -0.39 is 0 Å². The molecule has 0 aliphatic carbocycles. The van der Waals surface area contributed by atoms with Crippen molar-refractivity contribution in [1.82, 2.24) is 15.3 Å². The van der Waals surface area contributed by atoms with Crippen LogP contribution in [0.3, 0.4) is 0 Å². The van der Waals surface area contributed by atoms with Crippen LogP contribution >= 0.6 is 0 Å². The lowest BCUT2D eigenvalue weighted by molar-refractivity contribution is -0.144. The third-order valence-corrected chi connectivity index (χ3v) is 5.50. The van der Waals surface area contributed by atoms with E-state index in [-0.39, 0.29) is 24.9 Å². The molecule has 0 spiro atoms. The number of carbonyl (C=O) groups is 1. The maximum atomic E-state index is 12.2. The number of carbonyl (C=O) groups excluding carboxylic acids is 1. The second-order valence-corrected chi connectivity index (χ2v) is 8.36. The minimum atomic E-state index is -0.384. The van der Waals surface area contributed by atoms with Gasteiger partial charge in [0.1, 0.15) is 18.1 Å². The molecule has 0 atom stereocenters. The number of nitrogens with zero attached hydrogens (tertiary/aromatic N) is 3. The van der Waals surface area contributed by atoms with Crippen LogP contribution in [0.25, 0.3) is 11.4 Å². The van der Waals surface area contributed by atoms with Gasteiger partial charge in [0.15, 0.2) is 6.61 Å². The van der Waals surface area contributed by atoms with Crippen molar-refractivity contribution >= 4 is 5.97 Å². The molecule has 0 N–H and O–H groups in total. The zero-order valence-corrected chi connectivity index (χ0v) is 19.7. The van der Waals surface area contributed by atoms with E-state index in [0.717, 1.165) is 28.1 Å². The van der Waals surface area contributed by atoms with Crippen LogP contribution in [-0.2, 0) is 29.2 Å². The lowest BCUT2D eigenvalue weighted by Crippen LogP contribution is -2.08. The van der Waals surface area contributed by atoms with Crippen LogP contribution in [0.15, 0.2) is 57.6 Å². The van der Waals surface area contributed by atoms with Gasteiger partial charge in [-0.15, -0.1) is 0 Å². The van der Waals surface area contributed by atoms with Crippen LogP contribution < -0.4 is 4.74 Å². The molecular formula is C26H27N3O5. The van der Waals surface area contributed by atoms with Crippen LogP contribution in [0, 0.1) is 13.8 Å². The van der Waals surface area contributed by atoms with Gasteiger partial charge in [-0.3, -0.25) is 4.79 Å². The van der Waals surface area contributed by atoms with Crippen molar-refractivity contribution < 1.29 is 23.3 Å². The van der Waals surface area contributed by atoms with Crippen LogP contribution in [0.4, 0.5) is 0 Å². The summed E-state index contributed by atoms with van der Waals surface area (Å²) < 4.78 is 21.5. The Balaban J connectivity index is 1.25. The molecule has 2 aromatic heterocycles. The largest absolute Gasteiger partial charge is 0.489 e. The van der Waals surface area contributed by atoms with Crippen molar-refractivity contribution in [3.05, 3.63) is 82.6 Å². The van der Waals surface area contributed by atoms with E-state index in [4.69, 9.17) is 18.5 Å². The molecule has 2 aromatic carbocycles. The fourth-order valence-corrected chi connectivity index (χ4v) is 3.37. The summed E-state index contributed by atoms with van der Waals surface area (Å²) in [6.07, 6.45) is 0.127. The number of aromatic nitrogens is 3. The van der Waals surface area contributed by atoms with Gasteiger partial charge in [0.2, 0.25) is 5.82 Å². The van der Waals surface area contributed by atoms with E-state index in [1.807, 2.05) is 62.4 Å².